The van der Waals surface area contributed by atoms with E-state index in [9.17, 15) is 14.4 Å². The van der Waals surface area contributed by atoms with Crippen LogP contribution in [0.15, 0.2) is 36.5 Å². The number of ether oxygens (including phenoxy) is 3. The van der Waals surface area contributed by atoms with Gasteiger partial charge in [-0.05, 0) is 57.8 Å². The van der Waals surface area contributed by atoms with Gasteiger partial charge < -0.3 is 14.2 Å². The molecule has 0 aromatic heterocycles. The molecule has 6 heteroatoms. The molecule has 1 unspecified atom stereocenters. The van der Waals surface area contributed by atoms with Gasteiger partial charge in [0.25, 0.3) is 0 Å². The molecule has 416 valence electrons. The zero-order chi connectivity index (χ0) is 51.4. The van der Waals surface area contributed by atoms with Gasteiger partial charge in [0.1, 0.15) is 13.2 Å². The highest BCUT2D eigenvalue weighted by Gasteiger charge is 2.19. The molecule has 0 amide bonds. The van der Waals surface area contributed by atoms with E-state index in [0.29, 0.717) is 19.3 Å². The number of carbonyl (C=O) groups is 3. The Labute approximate surface area is 442 Å². The summed E-state index contributed by atoms with van der Waals surface area (Å²) in [5.74, 6) is -0.862. The van der Waals surface area contributed by atoms with Crippen LogP contribution in [0.3, 0.4) is 0 Å². The van der Waals surface area contributed by atoms with Crippen molar-refractivity contribution in [2.45, 2.75) is 348 Å². The van der Waals surface area contributed by atoms with E-state index >= 15 is 0 Å². The summed E-state index contributed by atoms with van der Waals surface area (Å²) in [5, 5.41) is 0. The van der Waals surface area contributed by atoms with Crippen molar-refractivity contribution in [1.82, 2.24) is 0 Å². The molecule has 71 heavy (non-hydrogen) atoms. The number of esters is 3. The Hall–Kier alpha value is -2.37. The summed E-state index contributed by atoms with van der Waals surface area (Å²) >= 11 is 0. The Morgan fingerprint density at radius 2 is 0.507 bits per heavy atom. The highest BCUT2D eigenvalue weighted by Crippen LogP contribution is 2.17. The molecule has 0 aliphatic carbocycles. The van der Waals surface area contributed by atoms with Crippen LogP contribution in [0.4, 0.5) is 0 Å². The van der Waals surface area contributed by atoms with Crippen molar-refractivity contribution in [2.75, 3.05) is 13.2 Å². The van der Waals surface area contributed by atoms with E-state index in [1.807, 2.05) is 0 Å². The number of hydrogen-bond donors (Lipinski definition) is 0. The van der Waals surface area contributed by atoms with Gasteiger partial charge >= 0.3 is 17.9 Å². The summed E-state index contributed by atoms with van der Waals surface area (Å²) in [4.78, 5) is 37.9. The zero-order valence-electron chi connectivity index (χ0n) is 47.8. The normalized spacial score (nSPS) is 12.2. The first-order valence-electron chi connectivity index (χ1n) is 31.5. The van der Waals surface area contributed by atoms with E-state index in [4.69, 9.17) is 14.2 Å². The maximum atomic E-state index is 12.8. The van der Waals surface area contributed by atoms with Gasteiger partial charge in [0.05, 0.1) is 0 Å². The van der Waals surface area contributed by atoms with Crippen LogP contribution in [-0.2, 0) is 28.6 Å². The number of hydrogen-bond acceptors (Lipinski definition) is 6. The van der Waals surface area contributed by atoms with Crippen molar-refractivity contribution >= 4 is 17.9 Å². The molecule has 0 rings (SSSR count). The fraction of sp³-hybridized carbons (Fsp3) is 0.862. The van der Waals surface area contributed by atoms with Crippen molar-refractivity contribution in [3.05, 3.63) is 36.5 Å². The fourth-order valence-electron chi connectivity index (χ4n) is 9.39. The Kier molecular flexibility index (Phi) is 58.2. The molecular formula is C65H120O6. The lowest BCUT2D eigenvalue weighted by Crippen LogP contribution is -2.30. The first-order chi connectivity index (χ1) is 35.0. The summed E-state index contributed by atoms with van der Waals surface area (Å²) in [7, 11) is 0. The average Bonchev–Trinajstić information content (AvgIpc) is 3.37. The topological polar surface area (TPSA) is 78.9 Å². The molecule has 0 bridgehead atoms. The van der Waals surface area contributed by atoms with Crippen LogP contribution in [0.5, 0.6) is 0 Å². The van der Waals surface area contributed by atoms with Gasteiger partial charge in [-0.25, -0.2) is 0 Å². The predicted octanol–water partition coefficient (Wildman–Crippen LogP) is 21.2. The number of rotatable bonds is 58. The second-order valence-corrected chi connectivity index (χ2v) is 21.3. The number of allylic oxidation sites excluding steroid dienone is 6. The molecule has 0 N–H and O–H groups in total. The van der Waals surface area contributed by atoms with Gasteiger partial charge in [0, 0.05) is 19.3 Å². The predicted molar refractivity (Wildman–Crippen MR) is 307 cm³/mol. The van der Waals surface area contributed by atoms with E-state index < -0.39 is 6.10 Å². The average molecular weight is 998 g/mol. The van der Waals surface area contributed by atoms with Crippen LogP contribution < -0.4 is 0 Å². The molecule has 0 aliphatic rings. The molecule has 0 saturated heterocycles. The minimum Gasteiger partial charge on any atom is -0.462 e. The van der Waals surface area contributed by atoms with Gasteiger partial charge in [-0.1, -0.05) is 301 Å². The first-order valence-corrected chi connectivity index (χ1v) is 31.5. The smallest absolute Gasteiger partial charge is 0.306 e. The lowest BCUT2D eigenvalue weighted by Gasteiger charge is -2.18. The first kappa shape index (κ1) is 68.6. The van der Waals surface area contributed by atoms with Crippen LogP contribution in [0.2, 0.25) is 0 Å². The van der Waals surface area contributed by atoms with Crippen molar-refractivity contribution in [2.24, 2.45) is 0 Å². The Morgan fingerprint density at radius 1 is 0.282 bits per heavy atom. The maximum Gasteiger partial charge on any atom is 0.306 e. The monoisotopic (exact) mass is 997 g/mol. The lowest BCUT2D eigenvalue weighted by molar-refractivity contribution is -0.167. The molecule has 0 aromatic rings. The van der Waals surface area contributed by atoms with Crippen molar-refractivity contribution < 1.29 is 28.6 Å². The summed E-state index contributed by atoms with van der Waals surface area (Å²) in [5.41, 5.74) is 0. The quantitative estimate of drug-likeness (QED) is 0.0261. The van der Waals surface area contributed by atoms with Crippen LogP contribution in [-0.4, -0.2) is 37.2 Å². The van der Waals surface area contributed by atoms with Crippen molar-refractivity contribution in [3.8, 4) is 0 Å². The molecule has 0 aliphatic heterocycles. The van der Waals surface area contributed by atoms with Gasteiger partial charge in [-0.2, -0.15) is 0 Å². The minimum absolute atomic E-state index is 0.0680. The standard InChI is InChI=1S/C65H120O6/c1-4-7-10-13-15-17-19-21-23-25-27-28-29-30-31-32-33-34-35-36-38-39-41-43-45-47-49-52-55-58-64(67)70-61-62(60-69-63(66)57-54-51-12-9-6-3)71-65(68)59-56-53-50-48-46-44-42-40-37-26-24-22-20-18-16-14-11-8-5-2/h19,21,25,27,29-30,62H,4-18,20,22-24,26,28,31-61H2,1-3H3/b21-19-,27-25-,30-29-. The van der Waals surface area contributed by atoms with Crippen molar-refractivity contribution in [3.63, 3.8) is 0 Å². The third-order valence-corrected chi connectivity index (χ3v) is 14.1. The van der Waals surface area contributed by atoms with Crippen LogP contribution in [0.1, 0.15) is 342 Å². The van der Waals surface area contributed by atoms with E-state index in [-0.39, 0.29) is 31.1 Å². The fourth-order valence-corrected chi connectivity index (χ4v) is 9.39. The minimum atomic E-state index is -0.765. The molecule has 0 radical (unpaired) electrons. The maximum absolute atomic E-state index is 12.8. The van der Waals surface area contributed by atoms with Gasteiger partial charge in [-0.15, -0.1) is 0 Å². The second kappa shape index (κ2) is 60.2. The van der Waals surface area contributed by atoms with Crippen LogP contribution in [0, 0.1) is 0 Å². The summed E-state index contributed by atoms with van der Waals surface area (Å²) in [6, 6.07) is 0. The zero-order valence-corrected chi connectivity index (χ0v) is 47.8. The molecule has 0 heterocycles. The number of carbonyl (C=O) groups excluding carboxylic acids is 3. The molecule has 6 nitrogen and oxygen atoms in total. The summed E-state index contributed by atoms with van der Waals surface area (Å²) in [6.45, 7) is 6.60. The molecule has 0 fully saturated rings. The molecule has 1 atom stereocenters. The third kappa shape index (κ3) is 58.4. The highest BCUT2D eigenvalue weighted by molar-refractivity contribution is 5.71. The molecular weight excluding hydrogens is 877 g/mol. The van der Waals surface area contributed by atoms with E-state index in [1.165, 1.54) is 225 Å². The van der Waals surface area contributed by atoms with Crippen LogP contribution in [0.25, 0.3) is 0 Å². The second-order valence-electron chi connectivity index (χ2n) is 21.3. The highest BCUT2D eigenvalue weighted by atomic mass is 16.6. The van der Waals surface area contributed by atoms with Gasteiger partial charge in [-0.3, -0.25) is 14.4 Å². The lowest BCUT2D eigenvalue weighted by atomic mass is 10.0. The van der Waals surface area contributed by atoms with E-state index in [1.54, 1.807) is 0 Å². The Bertz CT molecular complexity index is 1190. The SMILES string of the molecule is CCCCCCC/C=C\C/C=C\C/C=C\CCCCCCCCCCCCCCCCC(=O)OCC(COC(=O)CCCCCCC)OC(=O)CCCCCCCCCCCCCCCCCCCCC. The largest absolute Gasteiger partial charge is 0.462 e. The van der Waals surface area contributed by atoms with Gasteiger partial charge in [0.2, 0.25) is 0 Å². The van der Waals surface area contributed by atoms with Crippen LogP contribution >= 0.6 is 0 Å². The van der Waals surface area contributed by atoms with Crippen molar-refractivity contribution in [1.29, 1.82) is 0 Å². The molecule has 0 aromatic carbocycles. The molecule has 0 spiro atoms. The van der Waals surface area contributed by atoms with E-state index in [2.05, 4.69) is 57.2 Å². The third-order valence-electron chi connectivity index (χ3n) is 14.1. The number of unbranched alkanes of at least 4 members (excludes halogenated alkanes) is 41. The van der Waals surface area contributed by atoms with Gasteiger partial charge in [0.15, 0.2) is 6.10 Å². The van der Waals surface area contributed by atoms with E-state index in [0.717, 1.165) is 77.0 Å². The Balaban J connectivity index is 3.98. The summed E-state index contributed by atoms with van der Waals surface area (Å²) < 4.78 is 16.8. The Morgan fingerprint density at radius 3 is 0.789 bits per heavy atom. The molecule has 0 saturated carbocycles. The summed E-state index contributed by atoms with van der Waals surface area (Å²) in [6.07, 6.45) is 73.5.